The van der Waals surface area contributed by atoms with Crippen LogP contribution in [0.15, 0.2) is 22.7 Å². The SMILES string of the molecule is C[C@H](N)c1ccc(N(C)C2CCC2)cc1Br. The van der Waals surface area contributed by atoms with Gasteiger partial charge in [0.1, 0.15) is 0 Å². The predicted octanol–water partition coefficient (Wildman–Crippen LogP) is 3.46. The van der Waals surface area contributed by atoms with Gasteiger partial charge in [-0.1, -0.05) is 22.0 Å². The summed E-state index contributed by atoms with van der Waals surface area (Å²) in [6.07, 6.45) is 4.01. The van der Waals surface area contributed by atoms with Crippen molar-refractivity contribution < 1.29 is 0 Å². The molecule has 1 saturated carbocycles. The molecule has 16 heavy (non-hydrogen) atoms. The maximum absolute atomic E-state index is 5.89. The van der Waals surface area contributed by atoms with Gasteiger partial charge in [-0.05, 0) is 43.9 Å². The van der Waals surface area contributed by atoms with Crippen LogP contribution in [0, 0.1) is 0 Å². The van der Waals surface area contributed by atoms with Crippen molar-refractivity contribution in [2.24, 2.45) is 5.73 Å². The van der Waals surface area contributed by atoms with Gasteiger partial charge in [0.05, 0.1) is 0 Å². The van der Waals surface area contributed by atoms with Crippen molar-refractivity contribution in [1.82, 2.24) is 0 Å². The van der Waals surface area contributed by atoms with Gasteiger partial charge in [-0.15, -0.1) is 0 Å². The summed E-state index contributed by atoms with van der Waals surface area (Å²) in [7, 11) is 2.18. The van der Waals surface area contributed by atoms with Crippen LogP contribution in [-0.4, -0.2) is 13.1 Å². The highest BCUT2D eigenvalue weighted by Crippen LogP contribution is 2.32. The fraction of sp³-hybridized carbons (Fsp3) is 0.538. The lowest BCUT2D eigenvalue weighted by molar-refractivity contribution is 0.401. The van der Waals surface area contributed by atoms with Crippen molar-refractivity contribution in [3.63, 3.8) is 0 Å². The summed E-state index contributed by atoms with van der Waals surface area (Å²) in [6.45, 7) is 2.01. The Morgan fingerprint density at radius 3 is 2.56 bits per heavy atom. The minimum absolute atomic E-state index is 0.0810. The second-order valence-corrected chi connectivity index (χ2v) is 5.54. The maximum Gasteiger partial charge on any atom is 0.0377 e. The van der Waals surface area contributed by atoms with E-state index in [-0.39, 0.29) is 6.04 Å². The highest BCUT2D eigenvalue weighted by Gasteiger charge is 2.22. The third-order valence-electron chi connectivity index (χ3n) is 3.50. The molecule has 88 valence electrons. The summed E-state index contributed by atoms with van der Waals surface area (Å²) < 4.78 is 1.12. The van der Waals surface area contributed by atoms with Crippen molar-refractivity contribution in [2.75, 3.05) is 11.9 Å². The Balaban J connectivity index is 2.19. The van der Waals surface area contributed by atoms with Gasteiger partial charge in [-0.25, -0.2) is 0 Å². The number of benzene rings is 1. The average molecular weight is 283 g/mol. The van der Waals surface area contributed by atoms with Crippen LogP contribution in [0.1, 0.15) is 37.8 Å². The molecule has 1 aliphatic carbocycles. The molecule has 0 aromatic heterocycles. The molecule has 1 aromatic carbocycles. The Bertz CT molecular complexity index is 372. The first-order valence-corrected chi connectivity index (χ1v) is 6.66. The predicted molar refractivity (Wildman–Crippen MR) is 72.8 cm³/mol. The van der Waals surface area contributed by atoms with E-state index in [0.717, 1.165) is 10.5 Å². The average Bonchev–Trinajstić information content (AvgIpc) is 2.14. The molecule has 1 aliphatic rings. The smallest absolute Gasteiger partial charge is 0.0377 e. The minimum atomic E-state index is 0.0810. The Kier molecular flexibility index (Phi) is 3.55. The van der Waals surface area contributed by atoms with Gasteiger partial charge in [0.2, 0.25) is 0 Å². The van der Waals surface area contributed by atoms with E-state index in [4.69, 9.17) is 5.73 Å². The molecule has 0 spiro atoms. The molecule has 2 N–H and O–H groups in total. The lowest BCUT2D eigenvalue weighted by Gasteiger charge is -2.36. The van der Waals surface area contributed by atoms with Gasteiger partial charge in [0.25, 0.3) is 0 Å². The van der Waals surface area contributed by atoms with E-state index in [1.165, 1.54) is 30.5 Å². The topological polar surface area (TPSA) is 29.3 Å². The van der Waals surface area contributed by atoms with Gasteiger partial charge in [-0.2, -0.15) is 0 Å². The first-order chi connectivity index (χ1) is 7.59. The van der Waals surface area contributed by atoms with Gasteiger partial charge in [0.15, 0.2) is 0 Å². The second-order valence-electron chi connectivity index (χ2n) is 4.69. The van der Waals surface area contributed by atoms with E-state index in [0.29, 0.717) is 0 Å². The lowest BCUT2D eigenvalue weighted by Crippen LogP contribution is -2.37. The Morgan fingerprint density at radius 1 is 1.44 bits per heavy atom. The van der Waals surface area contributed by atoms with Crippen molar-refractivity contribution in [1.29, 1.82) is 0 Å². The number of nitrogens with zero attached hydrogens (tertiary/aromatic N) is 1. The summed E-state index contributed by atoms with van der Waals surface area (Å²) in [4.78, 5) is 2.37. The lowest BCUT2D eigenvalue weighted by atomic mass is 9.91. The summed E-state index contributed by atoms with van der Waals surface area (Å²) >= 11 is 3.60. The van der Waals surface area contributed by atoms with Crippen molar-refractivity contribution in [3.05, 3.63) is 28.2 Å². The highest BCUT2D eigenvalue weighted by atomic mass is 79.9. The Morgan fingerprint density at radius 2 is 2.12 bits per heavy atom. The molecule has 0 amide bonds. The number of halogens is 1. The van der Waals surface area contributed by atoms with E-state index in [1.54, 1.807) is 0 Å². The van der Waals surface area contributed by atoms with Gasteiger partial charge in [0, 0.05) is 29.3 Å². The summed E-state index contributed by atoms with van der Waals surface area (Å²) in [5.74, 6) is 0. The van der Waals surface area contributed by atoms with Crippen LogP contribution in [-0.2, 0) is 0 Å². The monoisotopic (exact) mass is 282 g/mol. The molecule has 0 aliphatic heterocycles. The van der Waals surface area contributed by atoms with Crippen LogP contribution in [0.3, 0.4) is 0 Å². The number of rotatable bonds is 3. The highest BCUT2D eigenvalue weighted by molar-refractivity contribution is 9.10. The standard InChI is InChI=1S/C13H19BrN2/c1-9(15)12-7-6-11(8-13(12)14)16(2)10-4-3-5-10/h6-10H,3-5,15H2,1-2H3/t9-/m0/s1. The van der Waals surface area contributed by atoms with E-state index in [1.807, 2.05) is 6.92 Å². The zero-order valence-corrected chi connectivity index (χ0v) is 11.5. The zero-order chi connectivity index (χ0) is 11.7. The van der Waals surface area contributed by atoms with Crippen LogP contribution in [0.2, 0.25) is 0 Å². The van der Waals surface area contributed by atoms with Crippen LogP contribution in [0.25, 0.3) is 0 Å². The van der Waals surface area contributed by atoms with E-state index < -0.39 is 0 Å². The summed E-state index contributed by atoms with van der Waals surface area (Å²) in [5.41, 5.74) is 8.34. The van der Waals surface area contributed by atoms with Gasteiger partial charge in [-0.3, -0.25) is 0 Å². The molecule has 0 bridgehead atoms. The number of nitrogens with two attached hydrogens (primary N) is 1. The van der Waals surface area contributed by atoms with Crippen molar-refractivity contribution >= 4 is 21.6 Å². The molecule has 0 unspecified atom stereocenters. The number of hydrogen-bond donors (Lipinski definition) is 1. The van der Waals surface area contributed by atoms with E-state index in [9.17, 15) is 0 Å². The first kappa shape index (κ1) is 11.9. The molecule has 0 heterocycles. The first-order valence-electron chi connectivity index (χ1n) is 5.87. The Hall–Kier alpha value is -0.540. The van der Waals surface area contributed by atoms with Crippen molar-refractivity contribution in [3.8, 4) is 0 Å². The largest absolute Gasteiger partial charge is 0.372 e. The minimum Gasteiger partial charge on any atom is -0.372 e. The molecule has 0 saturated heterocycles. The van der Waals surface area contributed by atoms with Gasteiger partial charge < -0.3 is 10.6 Å². The van der Waals surface area contributed by atoms with E-state index in [2.05, 4.69) is 46.1 Å². The molecule has 1 aromatic rings. The Labute approximate surface area is 106 Å². The second kappa shape index (κ2) is 4.76. The summed E-state index contributed by atoms with van der Waals surface area (Å²) in [5, 5.41) is 0. The summed E-state index contributed by atoms with van der Waals surface area (Å²) in [6, 6.07) is 7.28. The van der Waals surface area contributed by atoms with Crippen LogP contribution >= 0.6 is 15.9 Å². The fourth-order valence-electron chi connectivity index (χ4n) is 2.09. The molecule has 2 nitrogen and oxygen atoms in total. The molecular weight excluding hydrogens is 264 g/mol. The molecular formula is C13H19BrN2. The fourth-order valence-corrected chi connectivity index (χ4v) is 2.82. The maximum atomic E-state index is 5.89. The molecule has 3 heteroatoms. The quantitative estimate of drug-likeness (QED) is 0.920. The van der Waals surface area contributed by atoms with E-state index >= 15 is 0 Å². The molecule has 2 rings (SSSR count). The number of hydrogen-bond acceptors (Lipinski definition) is 2. The molecule has 1 fully saturated rings. The van der Waals surface area contributed by atoms with Crippen LogP contribution in [0.5, 0.6) is 0 Å². The number of anilines is 1. The molecule has 0 radical (unpaired) electrons. The zero-order valence-electron chi connectivity index (χ0n) is 9.91. The van der Waals surface area contributed by atoms with Crippen LogP contribution in [0.4, 0.5) is 5.69 Å². The van der Waals surface area contributed by atoms with Crippen LogP contribution < -0.4 is 10.6 Å². The normalized spacial score (nSPS) is 18.0. The molecule has 1 atom stereocenters. The third kappa shape index (κ3) is 2.25. The third-order valence-corrected chi connectivity index (χ3v) is 4.19. The van der Waals surface area contributed by atoms with Crippen molar-refractivity contribution in [2.45, 2.75) is 38.3 Å². The van der Waals surface area contributed by atoms with Gasteiger partial charge >= 0.3 is 0 Å².